The van der Waals surface area contributed by atoms with Crippen LogP contribution in [0.5, 0.6) is 0 Å². The van der Waals surface area contributed by atoms with Crippen molar-refractivity contribution in [2.75, 3.05) is 0 Å². The van der Waals surface area contributed by atoms with Gasteiger partial charge in [0.05, 0.1) is 0 Å². The monoisotopic (exact) mass is 826 g/mol. The first kappa shape index (κ1) is 32.0. The van der Waals surface area contributed by atoms with E-state index in [2.05, 4.69) is 147 Å². The number of hydrogen-bond donors (Lipinski definition) is 0. The molecule has 0 heterocycles. The third-order valence-electron chi connectivity index (χ3n) is 9.08. The van der Waals surface area contributed by atoms with Gasteiger partial charge in [-0.15, -0.1) is 0 Å². The van der Waals surface area contributed by atoms with Crippen molar-refractivity contribution in [3.63, 3.8) is 0 Å². The third-order valence-corrected chi connectivity index (χ3v) is 51.4. The van der Waals surface area contributed by atoms with Crippen LogP contribution in [0.4, 0.5) is 0 Å². The molecule has 0 nitrogen and oxygen atoms in total. The Balaban J connectivity index is 0.00000184. The molecule has 43 heavy (non-hydrogen) atoms. The number of hydrogen-bond acceptors (Lipinski definition) is 0. The van der Waals surface area contributed by atoms with Crippen molar-refractivity contribution in [1.82, 2.24) is 0 Å². The van der Waals surface area contributed by atoms with Gasteiger partial charge in [0, 0.05) is 0 Å². The van der Waals surface area contributed by atoms with Crippen LogP contribution in [-0.4, -0.2) is 10.1 Å². The molecule has 5 aromatic carbocycles. The average Bonchev–Trinajstić information content (AvgIpc) is 3.59. The molecule has 7 rings (SSSR count). The first-order valence-electron chi connectivity index (χ1n) is 14.7. The van der Waals surface area contributed by atoms with Crippen LogP contribution in [0.1, 0.15) is 37.8 Å². The van der Waals surface area contributed by atoms with E-state index in [1.807, 2.05) is 6.66 Å². The molecule has 0 unspecified atom stereocenters. The molecule has 5 aromatic rings. The Labute approximate surface area is 276 Å². The van der Waals surface area contributed by atoms with Crippen LogP contribution < -0.4 is 29.2 Å². The van der Waals surface area contributed by atoms with Crippen LogP contribution in [0.3, 0.4) is 0 Å². The fourth-order valence-corrected chi connectivity index (χ4v) is 53.4. The van der Waals surface area contributed by atoms with E-state index in [4.69, 9.17) is 0 Å². The number of rotatable bonds is 5. The molecule has 0 atom stereocenters. The minimum atomic E-state index is -2.43. The van der Waals surface area contributed by atoms with Crippen molar-refractivity contribution in [1.29, 1.82) is 0 Å². The molecule has 0 fully saturated rings. The Morgan fingerprint density at radius 2 is 0.930 bits per heavy atom. The molecule has 0 saturated heterocycles. The summed E-state index contributed by atoms with van der Waals surface area (Å²) in [6.07, 6.45) is 7.42. The van der Waals surface area contributed by atoms with Crippen molar-refractivity contribution in [3.05, 3.63) is 156 Å². The van der Waals surface area contributed by atoms with Crippen LogP contribution in [0.15, 0.2) is 145 Å². The van der Waals surface area contributed by atoms with Gasteiger partial charge in [0.15, 0.2) is 0 Å². The molecule has 0 bridgehead atoms. The van der Waals surface area contributed by atoms with E-state index >= 15 is 0 Å². The minimum Gasteiger partial charge on any atom is -1.00 e. The molecule has 0 aromatic heterocycles. The summed E-state index contributed by atoms with van der Waals surface area (Å²) in [4.78, 5) is 0. The van der Waals surface area contributed by atoms with E-state index in [0.717, 1.165) is 12.8 Å². The van der Waals surface area contributed by atoms with Gasteiger partial charge in [0.2, 0.25) is 0 Å². The first-order valence-corrected chi connectivity index (χ1v) is 31.8. The van der Waals surface area contributed by atoms with Gasteiger partial charge in [0.25, 0.3) is 0 Å². The Bertz CT molecular complexity index is 1880. The van der Waals surface area contributed by atoms with Crippen LogP contribution >= 0.6 is 0 Å². The number of fused-ring (bicyclic) bond motifs is 2. The number of halogens is 2. The quantitative estimate of drug-likeness (QED) is 0.236. The van der Waals surface area contributed by atoms with E-state index in [0.29, 0.717) is 0 Å². The van der Waals surface area contributed by atoms with Crippen molar-refractivity contribution < 1.29 is 43.2 Å². The minimum absolute atomic E-state index is 0. The Morgan fingerprint density at radius 3 is 1.42 bits per heavy atom. The smallest absolute Gasteiger partial charge is 1.00 e. The van der Waals surface area contributed by atoms with Gasteiger partial charge in [-0.25, -0.2) is 0 Å². The molecule has 0 saturated carbocycles. The molecular formula is C39H34Cl2GeHf. The van der Waals surface area contributed by atoms with E-state index in [-0.39, 0.29) is 24.8 Å². The first-order chi connectivity index (χ1) is 20.1. The van der Waals surface area contributed by atoms with Gasteiger partial charge >= 0.3 is 254 Å². The summed E-state index contributed by atoms with van der Waals surface area (Å²) >= 11 is -2.43. The molecule has 0 radical (unpaired) electrons. The van der Waals surface area contributed by atoms with Crippen LogP contribution in [0, 0.1) is 0 Å². The second-order valence-electron chi connectivity index (χ2n) is 11.3. The molecule has 0 aliphatic heterocycles. The van der Waals surface area contributed by atoms with E-state index in [9.17, 15) is 0 Å². The average molecular weight is 825 g/mol. The van der Waals surface area contributed by atoms with E-state index in [1.165, 1.54) is 43.8 Å². The van der Waals surface area contributed by atoms with Crippen molar-refractivity contribution in [3.8, 4) is 0 Å². The topological polar surface area (TPSA) is 0 Å². The van der Waals surface area contributed by atoms with Crippen LogP contribution in [-0.2, 0) is 18.3 Å². The summed E-state index contributed by atoms with van der Waals surface area (Å²) in [5.41, 5.74) is 8.96. The maximum atomic E-state index is 2.70. The van der Waals surface area contributed by atoms with Gasteiger partial charge in [-0.3, -0.25) is 0 Å². The van der Waals surface area contributed by atoms with Crippen molar-refractivity contribution in [2.45, 2.75) is 32.4 Å². The summed E-state index contributed by atoms with van der Waals surface area (Å²) in [6.45, 7) is 4.89. The summed E-state index contributed by atoms with van der Waals surface area (Å²) in [5.74, 6) is 2.70. The van der Waals surface area contributed by atoms with E-state index in [1.54, 1.807) is 15.5 Å². The summed E-state index contributed by atoms with van der Waals surface area (Å²) in [5, 5.41) is 5.42. The maximum absolute atomic E-state index is 2.70. The second kappa shape index (κ2) is 13.7. The SMILES string of the molecule is CC1=[C]([Hf+2]([C]2=C(C)C(c3cccc4ccccc34)=CC2)=[Ge]([CH3])[c]2ccccc2)CC=C1c1cccc2ccccc12.[Cl-].[Cl-]. The summed E-state index contributed by atoms with van der Waals surface area (Å²) in [7, 11) is -1.52. The number of benzene rings is 5. The molecule has 2 aliphatic carbocycles. The van der Waals surface area contributed by atoms with E-state index < -0.39 is 28.4 Å². The standard InChI is InChI=1S/2C16H13.C7H8Ge.2ClH.Hf/c2*1-12-6-4-10-14(12)16-11-5-8-13-7-2-3-9-15(13)16;1-8-7-5-3-2-4-6-7;;;/h2*2-3,5,7-11H,4H2,1H3;2-6H,1H3;2*1H;/q;;;;;+2/p-2. The zero-order chi connectivity index (χ0) is 27.9. The Hall–Kier alpha value is -2.43. The normalized spacial score (nSPS) is 14.2. The maximum Gasteiger partial charge on any atom is -1.00 e. The van der Waals surface area contributed by atoms with Crippen molar-refractivity contribution in [2.24, 2.45) is 0 Å². The van der Waals surface area contributed by atoms with Crippen LogP contribution in [0.2, 0.25) is 5.76 Å². The van der Waals surface area contributed by atoms with Gasteiger partial charge in [-0.05, 0) is 0 Å². The fourth-order valence-electron chi connectivity index (χ4n) is 6.94. The van der Waals surface area contributed by atoms with Gasteiger partial charge in [-0.2, -0.15) is 0 Å². The zero-order valence-electron chi connectivity index (χ0n) is 24.8. The van der Waals surface area contributed by atoms with Gasteiger partial charge in [0.1, 0.15) is 0 Å². The summed E-state index contributed by atoms with van der Waals surface area (Å²) in [6, 6.07) is 43.0. The molecule has 212 valence electrons. The number of allylic oxidation sites excluding steroid dienone is 8. The molecule has 4 heteroatoms. The third kappa shape index (κ3) is 5.87. The summed E-state index contributed by atoms with van der Waals surface area (Å²) < 4.78 is 5.40. The Kier molecular flexibility index (Phi) is 10.2. The predicted molar refractivity (Wildman–Crippen MR) is 176 cm³/mol. The predicted octanol–water partition coefficient (Wildman–Crippen LogP) is 3.97. The molecule has 0 N–H and O–H groups in total. The van der Waals surface area contributed by atoms with Gasteiger partial charge in [-0.1, -0.05) is 0 Å². The Morgan fingerprint density at radius 1 is 0.512 bits per heavy atom. The fraction of sp³-hybridized carbons (Fsp3) is 0.128. The molecule has 0 spiro atoms. The largest absolute Gasteiger partial charge is 1.00 e. The molecule has 2 aliphatic rings. The van der Waals surface area contributed by atoms with Crippen LogP contribution in [0.25, 0.3) is 32.7 Å². The van der Waals surface area contributed by atoms with Crippen molar-refractivity contribution >= 4 is 47.1 Å². The van der Waals surface area contributed by atoms with Gasteiger partial charge < -0.3 is 24.8 Å². The molecule has 0 amide bonds. The zero-order valence-corrected chi connectivity index (χ0v) is 32.0. The molecular weight excluding hydrogens is 790 g/mol. The second-order valence-corrected chi connectivity index (χ2v) is 44.7.